The quantitative estimate of drug-likeness (QED) is 0.789. The van der Waals surface area contributed by atoms with Gasteiger partial charge in [0.15, 0.2) is 12.4 Å². The number of carbonyl (C=O) groups is 3. The number of piperazine rings is 1. The number of benzene rings is 1. The zero-order valence-corrected chi connectivity index (χ0v) is 16.5. The van der Waals surface area contributed by atoms with Gasteiger partial charge in [-0.15, -0.1) is 0 Å². The molecule has 0 N–H and O–H groups in total. The second-order valence-electron chi connectivity index (χ2n) is 7.30. The highest BCUT2D eigenvalue weighted by Crippen LogP contribution is 2.34. The van der Waals surface area contributed by atoms with Gasteiger partial charge in [0.05, 0.1) is 12.2 Å². The van der Waals surface area contributed by atoms with Crippen molar-refractivity contribution in [2.24, 2.45) is 0 Å². The molecule has 0 radical (unpaired) electrons. The van der Waals surface area contributed by atoms with Gasteiger partial charge in [0.1, 0.15) is 11.5 Å². The molecule has 2 aromatic rings. The predicted molar refractivity (Wildman–Crippen MR) is 105 cm³/mol. The molecule has 4 rings (SSSR count). The molecule has 0 spiro atoms. The Morgan fingerprint density at radius 1 is 1.03 bits per heavy atom. The number of carbonyl (C=O) groups excluding carboxylic acids is 3. The fourth-order valence-corrected chi connectivity index (χ4v) is 3.60. The molecule has 8 nitrogen and oxygen atoms in total. The predicted octanol–water partition coefficient (Wildman–Crippen LogP) is 1.82. The smallest absolute Gasteiger partial charge is 0.289 e. The van der Waals surface area contributed by atoms with E-state index in [2.05, 4.69) is 0 Å². The molecule has 0 aliphatic carbocycles. The average molecular weight is 397 g/mol. The molecule has 29 heavy (non-hydrogen) atoms. The van der Waals surface area contributed by atoms with Gasteiger partial charge in [-0.3, -0.25) is 19.3 Å². The van der Waals surface area contributed by atoms with Gasteiger partial charge in [-0.25, -0.2) is 0 Å². The monoisotopic (exact) mass is 397 g/mol. The van der Waals surface area contributed by atoms with Gasteiger partial charge >= 0.3 is 0 Å². The fourth-order valence-electron chi connectivity index (χ4n) is 3.60. The lowest BCUT2D eigenvalue weighted by molar-refractivity contribution is -0.130. The third kappa shape index (κ3) is 3.83. The van der Waals surface area contributed by atoms with Gasteiger partial charge in [0, 0.05) is 33.1 Å². The molecule has 8 heteroatoms. The number of nitrogens with zero attached hydrogens (tertiary/aromatic N) is 3. The first-order valence-electron chi connectivity index (χ1n) is 9.59. The maximum absolute atomic E-state index is 12.7. The summed E-state index contributed by atoms with van der Waals surface area (Å²) in [6.45, 7) is 5.68. The van der Waals surface area contributed by atoms with Crippen LogP contribution in [-0.2, 0) is 16.1 Å². The van der Waals surface area contributed by atoms with Crippen molar-refractivity contribution >= 4 is 23.4 Å². The lowest BCUT2D eigenvalue weighted by Gasteiger charge is -2.33. The number of ether oxygens (including phenoxy) is 1. The Balaban J connectivity index is 1.46. The first kappa shape index (κ1) is 19.0. The molecular formula is C21H23N3O5. The van der Waals surface area contributed by atoms with Crippen molar-refractivity contribution < 1.29 is 23.5 Å². The van der Waals surface area contributed by atoms with Crippen LogP contribution in [0.3, 0.4) is 0 Å². The number of amides is 3. The topological polar surface area (TPSA) is 83.3 Å². The molecule has 0 bridgehead atoms. The van der Waals surface area contributed by atoms with Gasteiger partial charge in [-0.2, -0.15) is 0 Å². The lowest BCUT2D eigenvalue weighted by atomic mass is 10.1. The standard InChI is InChI=1S/C21H23N3O5/c1-14-3-5-18-17(11-14)24(20(26)13-28-18)12-16-4-6-19(29-16)21(27)23-9-7-22(8-10-23)15(2)25/h3-6,11H,7-10,12-13H2,1-2H3. The van der Waals surface area contributed by atoms with E-state index in [1.165, 1.54) is 6.92 Å². The first-order valence-corrected chi connectivity index (χ1v) is 9.59. The molecule has 0 unspecified atom stereocenters. The number of fused-ring (bicyclic) bond motifs is 1. The van der Waals surface area contributed by atoms with Crippen LogP contribution in [0.15, 0.2) is 34.7 Å². The summed E-state index contributed by atoms with van der Waals surface area (Å²) < 4.78 is 11.3. The Kier molecular flexibility index (Phi) is 5.00. The zero-order chi connectivity index (χ0) is 20.5. The Bertz CT molecular complexity index is 959. The van der Waals surface area contributed by atoms with E-state index in [9.17, 15) is 14.4 Å². The SMILES string of the molecule is CC(=O)N1CCN(C(=O)c2ccc(CN3C(=O)COc4ccc(C)cc43)o2)CC1. The van der Waals surface area contributed by atoms with Crippen LogP contribution in [0, 0.1) is 6.92 Å². The maximum Gasteiger partial charge on any atom is 0.289 e. The molecule has 2 aliphatic heterocycles. The van der Waals surface area contributed by atoms with Crippen molar-refractivity contribution in [3.63, 3.8) is 0 Å². The summed E-state index contributed by atoms with van der Waals surface area (Å²) in [5, 5.41) is 0. The lowest BCUT2D eigenvalue weighted by Crippen LogP contribution is -2.50. The molecule has 1 aromatic heterocycles. The Morgan fingerprint density at radius 2 is 1.76 bits per heavy atom. The van der Waals surface area contributed by atoms with E-state index in [0.717, 1.165) is 5.56 Å². The van der Waals surface area contributed by atoms with Crippen molar-refractivity contribution in [2.45, 2.75) is 20.4 Å². The second-order valence-corrected chi connectivity index (χ2v) is 7.30. The number of furan rings is 1. The zero-order valence-electron chi connectivity index (χ0n) is 16.5. The molecule has 152 valence electrons. The molecule has 3 heterocycles. The Morgan fingerprint density at radius 3 is 2.48 bits per heavy atom. The molecule has 1 fully saturated rings. The van der Waals surface area contributed by atoms with Gasteiger partial charge in [-0.05, 0) is 36.8 Å². The maximum atomic E-state index is 12.7. The van der Waals surface area contributed by atoms with Crippen LogP contribution in [0.1, 0.15) is 28.8 Å². The van der Waals surface area contributed by atoms with E-state index in [-0.39, 0.29) is 36.6 Å². The first-order chi connectivity index (χ1) is 13.9. The molecule has 1 saturated heterocycles. The fraction of sp³-hybridized carbons (Fsp3) is 0.381. The van der Waals surface area contributed by atoms with Gasteiger partial charge in [0.2, 0.25) is 5.91 Å². The van der Waals surface area contributed by atoms with E-state index in [1.54, 1.807) is 26.8 Å². The number of hydrogen-bond donors (Lipinski definition) is 0. The summed E-state index contributed by atoms with van der Waals surface area (Å²) in [4.78, 5) is 41.6. The Labute approximate surface area is 168 Å². The number of rotatable bonds is 3. The molecule has 2 aliphatic rings. The third-order valence-electron chi connectivity index (χ3n) is 5.26. The van der Waals surface area contributed by atoms with Crippen LogP contribution in [-0.4, -0.2) is 60.3 Å². The van der Waals surface area contributed by atoms with Crippen molar-refractivity contribution in [2.75, 3.05) is 37.7 Å². The van der Waals surface area contributed by atoms with E-state index in [0.29, 0.717) is 43.4 Å². The van der Waals surface area contributed by atoms with Crippen LogP contribution in [0.2, 0.25) is 0 Å². The summed E-state index contributed by atoms with van der Waals surface area (Å²) in [5.41, 5.74) is 1.72. The van der Waals surface area contributed by atoms with Gasteiger partial charge < -0.3 is 19.0 Å². The van der Waals surface area contributed by atoms with Crippen LogP contribution in [0.4, 0.5) is 5.69 Å². The Hall–Kier alpha value is -3.29. The summed E-state index contributed by atoms with van der Waals surface area (Å²) in [7, 11) is 0. The van der Waals surface area contributed by atoms with E-state index >= 15 is 0 Å². The highest BCUT2D eigenvalue weighted by Gasteiger charge is 2.28. The van der Waals surface area contributed by atoms with Crippen molar-refractivity contribution in [3.8, 4) is 5.75 Å². The minimum Gasteiger partial charge on any atom is -0.482 e. The normalized spacial score (nSPS) is 16.5. The molecular weight excluding hydrogens is 374 g/mol. The minimum absolute atomic E-state index is 0.0167. The summed E-state index contributed by atoms with van der Waals surface area (Å²) >= 11 is 0. The number of hydrogen-bond acceptors (Lipinski definition) is 5. The summed E-state index contributed by atoms with van der Waals surface area (Å²) in [5.74, 6) is 1.07. The molecule has 0 saturated carbocycles. The van der Waals surface area contributed by atoms with E-state index < -0.39 is 0 Å². The van der Waals surface area contributed by atoms with Crippen LogP contribution in [0.25, 0.3) is 0 Å². The second kappa shape index (κ2) is 7.62. The van der Waals surface area contributed by atoms with Crippen molar-refractivity contribution in [1.29, 1.82) is 0 Å². The van der Waals surface area contributed by atoms with Gasteiger partial charge in [-0.1, -0.05) is 6.07 Å². The van der Waals surface area contributed by atoms with Crippen LogP contribution < -0.4 is 9.64 Å². The highest BCUT2D eigenvalue weighted by atomic mass is 16.5. The number of aryl methyl sites for hydroxylation is 1. The van der Waals surface area contributed by atoms with Crippen LogP contribution >= 0.6 is 0 Å². The summed E-state index contributed by atoms with van der Waals surface area (Å²) in [6.07, 6.45) is 0. The largest absolute Gasteiger partial charge is 0.482 e. The highest BCUT2D eigenvalue weighted by molar-refractivity contribution is 5.98. The van der Waals surface area contributed by atoms with Crippen LogP contribution in [0.5, 0.6) is 5.75 Å². The average Bonchev–Trinajstić information content (AvgIpc) is 3.18. The van der Waals surface area contributed by atoms with Gasteiger partial charge in [0.25, 0.3) is 11.8 Å². The van der Waals surface area contributed by atoms with Crippen molar-refractivity contribution in [1.82, 2.24) is 9.80 Å². The number of anilines is 1. The third-order valence-corrected chi connectivity index (χ3v) is 5.26. The molecule has 3 amide bonds. The summed E-state index contributed by atoms with van der Waals surface area (Å²) in [6, 6.07) is 9.04. The molecule has 0 atom stereocenters. The van der Waals surface area contributed by atoms with E-state index in [1.807, 2.05) is 25.1 Å². The van der Waals surface area contributed by atoms with Crippen molar-refractivity contribution in [3.05, 3.63) is 47.4 Å². The minimum atomic E-state index is -0.205. The van der Waals surface area contributed by atoms with E-state index in [4.69, 9.17) is 9.15 Å². The molecule has 1 aromatic carbocycles.